The highest BCUT2D eigenvalue weighted by molar-refractivity contribution is 9.10. The van der Waals surface area contributed by atoms with Crippen LogP contribution in [0.2, 0.25) is 0 Å². The first-order valence-electron chi connectivity index (χ1n) is 9.13. The van der Waals surface area contributed by atoms with E-state index in [1.807, 2.05) is 24.3 Å². The average Bonchev–Trinajstić information content (AvgIpc) is 2.63. The second-order valence-electron chi connectivity index (χ2n) is 7.27. The summed E-state index contributed by atoms with van der Waals surface area (Å²) < 4.78 is 14.3. The maximum atomic E-state index is 14.1. The minimum atomic E-state index is -0.760. The summed E-state index contributed by atoms with van der Waals surface area (Å²) in [5.41, 5.74) is 1.65. The molecule has 3 N–H and O–H groups in total. The fourth-order valence-corrected chi connectivity index (χ4v) is 3.84. The van der Waals surface area contributed by atoms with Gasteiger partial charge in [-0.1, -0.05) is 38.1 Å². The Balaban J connectivity index is 0.00000300. The standard InChI is InChI=1S/C21H23BrFN3O2.ClH/c1-12(2)13-6-4-5-7-15(13)21(10-25-11-21)20(28)26-18-9-17(23)16(22)8-14(18)19(27)24-3;/h4-9,12,25H,10-11H2,1-3H3,(H,24,27)(H,26,28);1H. The Labute approximate surface area is 184 Å². The predicted octanol–water partition coefficient (Wildman–Crippen LogP) is 3.97. The fourth-order valence-electron chi connectivity index (χ4n) is 3.50. The zero-order valence-corrected chi connectivity index (χ0v) is 18.8. The van der Waals surface area contributed by atoms with E-state index in [2.05, 4.69) is 45.7 Å². The molecule has 0 saturated carbocycles. The lowest BCUT2D eigenvalue weighted by atomic mass is 9.71. The van der Waals surface area contributed by atoms with E-state index in [1.54, 1.807) is 0 Å². The average molecular weight is 485 g/mol. The third kappa shape index (κ3) is 4.32. The molecular weight excluding hydrogens is 461 g/mol. The first kappa shape index (κ1) is 23.3. The van der Waals surface area contributed by atoms with Gasteiger partial charge in [-0.15, -0.1) is 12.4 Å². The topological polar surface area (TPSA) is 70.2 Å². The molecule has 2 aromatic carbocycles. The molecule has 2 aromatic rings. The number of benzene rings is 2. The molecule has 5 nitrogen and oxygen atoms in total. The second-order valence-corrected chi connectivity index (χ2v) is 8.13. The van der Waals surface area contributed by atoms with Crippen molar-refractivity contribution in [2.24, 2.45) is 0 Å². The zero-order valence-electron chi connectivity index (χ0n) is 16.4. The van der Waals surface area contributed by atoms with Gasteiger partial charge in [-0.3, -0.25) is 9.59 Å². The van der Waals surface area contributed by atoms with Crippen LogP contribution in [0.25, 0.3) is 0 Å². The maximum Gasteiger partial charge on any atom is 0.253 e. The molecule has 2 amide bonds. The highest BCUT2D eigenvalue weighted by atomic mass is 79.9. The van der Waals surface area contributed by atoms with Crippen molar-refractivity contribution in [3.63, 3.8) is 0 Å². The summed E-state index contributed by atoms with van der Waals surface area (Å²) in [6.45, 7) is 5.14. The van der Waals surface area contributed by atoms with Crippen LogP contribution >= 0.6 is 28.3 Å². The lowest BCUT2D eigenvalue weighted by molar-refractivity contribution is -0.123. The lowest BCUT2D eigenvalue weighted by Gasteiger charge is -2.43. The highest BCUT2D eigenvalue weighted by Crippen LogP contribution is 2.36. The quantitative estimate of drug-likeness (QED) is 0.601. The molecule has 29 heavy (non-hydrogen) atoms. The van der Waals surface area contributed by atoms with Gasteiger partial charge in [0.05, 0.1) is 21.1 Å². The molecule has 0 bridgehead atoms. The van der Waals surface area contributed by atoms with Crippen molar-refractivity contribution in [1.29, 1.82) is 0 Å². The van der Waals surface area contributed by atoms with E-state index in [4.69, 9.17) is 0 Å². The molecule has 1 aliphatic heterocycles. The first-order valence-corrected chi connectivity index (χ1v) is 9.92. The third-order valence-corrected chi connectivity index (χ3v) is 5.77. The van der Waals surface area contributed by atoms with Gasteiger partial charge < -0.3 is 16.0 Å². The van der Waals surface area contributed by atoms with Crippen LogP contribution in [0.5, 0.6) is 0 Å². The molecule has 0 unspecified atom stereocenters. The van der Waals surface area contributed by atoms with E-state index in [-0.39, 0.29) is 40.0 Å². The van der Waals surface area contributed by atoms with Gasteiger partial charge in [0, 0.05) is 20.1 Å². The smallest absolute Gasteiger partial charge is 0.253 e. The van der Waals surface area contributed by atoms with Crippen molar-refractivity contribution in [3.8, 4) is 0 Å². The van der Waals surface area contributed by atoms with Crippen LogP contribution in [-0.2, 0) is 10.2 Å². The van der Waals surface area contributed by atoms with Crippen molar-refractivity contribution in [3.05, 3.63) is 63.4 Å². The molecule has 0 aromatic heterocycles. The number of halogens is 3. The number of amides is 2. The van der Waals surface area contributed by atoms with Crippen LogP contribution in [0.15, 0.2) is 40.9 Å². The maximum absolute atomic E-state index is 14.1. The van der Waals surface area contributed by atoms with Crippen molar-refractivity contribution in [1.82, 2.24) is 10.6 Å². The van der Waals surface area contributed by atoms with E-state index in [9.17, 15) is 14.0 Å². The minimum Gasteiger partial charge on any atom is -0.355 e. The number of hydrogen-bond donors (Lipinski definition) is 3. The van der Waals surface area contributed by atoms with Gasteiger partial charge in [0.2, 0.25) is 5.91 Å². The van der Waals surface area contributed by atoms with E-state index in [0.717, 1.165) is 11.1 Å². The van der Waals surface area contributed by atoms with Gasteiger partial charge in [0.1, 0.15) is 5.82 Å². The van der Waals surface area contributed by atoms with Crippen LogP contribution in [0.3, 0.4) is 0 Å². The van der Waals surface area contributed by atoms with Crippen LogP contribution in [0.4, 0.5) is 10.1 Å². The summed E-state index contributed by atoms with van der Waals surface area (Å²) in [6.07, 6.45) is 0. The summed E-state index contributed by atoms with van der Waals surface area (Å²) in [6, 6.07) is 10.4. The number of carbonyl (C=O) groups is 2. The summed E-state index contributed by atoms with van der Waals surface area (Å²) in [4.78, 5) is 25.5. The molecule has 1 fully saturated rings. The summed E-state index contributed by atoms with van der Waals surface area (Å²) in [7, 11) is 1.49. The van der Waals surface area contributed by atoms with E-state index < -0.39 is 17.1 Å². The minimum absolute atomic E-state index is 0. The van der Waals surface area contributed by atoms with Gasteiger partial charge >= 0.3 is 0 Å². The Morgan fingerprint density at radius 1 is 1.21 bits per heavy atom. The molecule has 1 heterocycles. The van der Waals surface area contributed by atoms with Crippen LogP contribution in [0, 0.1) is 5.82 Å². The Bertz CT molecular complexity index is 932. The van der Waals surface area contributed by atoms with E-state index >= 15 is 0 Å². The number of carbonyl (C=O) groups excluding carboxylic acids is 2. The Kier molecular flexibility index (Phi) is 7.43. The first-order chi connectivity index (χ1) is 13.3. The Morgan fingerprint density at radius 2 is 1.86 bits per heavy atom. The van der Waals surface area contributed by atoms with Crippen molar-refractivity contribution in [2.45, 2.75) is 25.2 Å². The van der Waals surface area contributed by atoms with Crippen molar-refractivity contribution >= 4 is 45.8 Å². The Morgan fingerprint density at radius 3 is 2.41 bits per heavy atom. The SMILES string of the molecule is CNC(=O)c1cc(Br)c(F)cc1NC(=O)C1(c2ccccc2C(C)C)CNC1.Cl. The molecule has 8 heteroatoms. The second kappa shape index (κ2) is 9.24. The largest absolute Gasteiger partial charge is 0.355 e. The number of nitrogens with one attached hydrogen (secondary N) is 3. The molecule has 3 rings (SSSR count). The molecule has 1 aliphatic rings. The molecule has 156 valence electrons. The van der Waals surface area contributed by atoms with Gasteiger partial charge in [-0.25, -0.2) is 4.39 Å². The predicted molar refractivity (Wildman–Crippen MR) is 118 cm³/mol. The lowest BCUT2D eigenvalue weighted by Crippen LogP contribution is -2.63. The monoisotopic (exact) mass is 483 g/mol. The van der Waals surface area contributed by atoms with Crippen LogP contribution in [0.1, 0.15) is 41.3 Å². The Hall–Kier alpha value is -1.96. The molecule has 1 saturated heterocycles. The van der Waals surface area contributed by atoms with Crippen molar-refractivity contribution < 1.29 is 14.0 Å². The third-order valence-electron chi connectivity index (χ3n) is 5.17. The summed E-state index contributed by atoms with van der Waals surface area (Å²) >= 11 is 3.09. The number of anilines is 1. The van der Waals surface area contributed by atoms with E-state index in [0.29, 0.717) is 13.1 Å². The van der Waals surface area contributed by atoms with Gasteiger partial charge in [0.15, 0.2) is 0 Å². The van der Waals surface area contributed by atoms with Gasteiger partial charge in [-0.2, -0.15) is 0 Å². The zero-order chi connectivity index (χ0) is 20.5. The van der Waals surface area contributed by atoms with Crippen molar-refractivity contribution in [2.75, 3.05) is 25.5 Å². The highest BCUT2D eigenvalue weighted by Gasteiger charge is 2.47. The molecule has 0 spiro atoms. The number of rotatable bonds is 5. The molecular formula is C21H24BrClFN3O2. The van der Waals surface area contributed by atoms with Gasteiger partial charge in [0.25, 0.3) is 5.91 Å². The fraction of sp³-hybridized carbons (Fsp3) is 0.333. The number of hydrogen-bond acceptors (Lipinski definition) is 3. The molecule has 0 aliphatic carbocycles. The van der Waals surface area contributed by atoms with Crippen LogP contribution < -0.4 is 16.0 Å². The molecule has 0 atom stereocenters. The molecule has 0 radical (unpaired) electrons. The summed E-state index contributed by atoms with van der Waals surface area (Å²) in [5, 5.41) is 8.50. The summed E-state index contributed by atoms with van der Waals surface area (Å²) in [5.74, 6) is -0.954. The normalized spacial score (nSPS) is 14.6. The van der Waals surface area contributed by atoms with E-state index in [1.165, 1.54) is 19.2 Å². The van der Waals surface area contributed by atoms with Gasteiger partial charge in [-0.05, 0) is 45.1 Å². The van der Waals surface area contributed by atoms with Crippen LogP contribution in [-0.4, -0.2) is 32.0 Å².